The minimum Gasteiger partial charge on any atom is -0.256 e. The normalized spacial score (nSPS) is 11.5. The molecule has 1 heterocycles. The van der Waals surface area contributed by atoms with E-state index in [9.17, 15) is 0 Å². The summed E-state index contributed by atoms with van der Waals surface area (Å²) in [4.78, 5) is 4.59. The molecule has 0 saturated carbocycles. The fraction of sp³-hybridized carbons (Fsp3) is 0.0800. The van der Waals surface area contributed by atoms with Gasteiger partial charge in [0.1, 0.15) is 0 Å². The lowest BCUT2D eigenvalue weighted by Crippen LogP contribution is -1.96. The van der Waals surface area contributed by atoms with Crippen LogP contribution in [0.2, 0.25) is 0 Å². The van der Waals surface area contributed by atoms with Crippen LogP contribution < -0.4 is 0 Å². The predicted octanol–water partition coefficient (Wildman–Crippen LogP) is 6.78. The summed E-state index contributed by atoms with van der Waals surface area (Å²) in [5.41, 5.74) is 7.93. The SMILES string of the molecule is C=C/C=C\c1c(/C=C\C(=C)c2ccccc2)c(C)c2cccnc2c1C. The van der Waals surface area contributed by atoms with Crippen LogP contribution in [-0.4, -0.2) is 4.98 Å². The summed E-state index contributed by atoms with van der Waals surface area (Å²) in [5, 5.41) is 1.19. The van der Waals surface area contributed by atoms with Gasteiger partial charge in [0.25, 0.3) is 0 Å². The number of rotatable bonds is 5. The van der Waals surface area contributed by atoms with Crippen molar-refractivity contribution in [3.63, 3.8) is 0 Å². The molecule has 128 valence electrons. The zero-order valence-electron chi connectivity index (χ0n) is 15.4. The predicted molar refractivity (Wildman–Crippen MR) is 115 cm³/mol. The fourth-order valence-electron chi connectivity index (χ4n) is 3.21. The largest absolute Gasteiger partial charge is 0.256 e. The van der Waals surface area contributed by atoms with Crippen LogP contribution in [0.5, 0.6) is 0 Å². The minimum absolute atomic E-state index is 0.993. The average Bonchev–Trinajstić information content (AvgIpc) is 2.69. The van der Waals surface area contributed by atoms with Gasteiger partial charge in [0.15, 0.2) is 0 Å². The first kappa shape index (κ1) is 17.6. The molecule has 0 N–H and O–H groups in total. The third-order valence-electron chi connectivity index (χ3n) is 4.66. The minimum atomic E-state index is 0.993. The Morgan fingerprint density at radius 2 is 1.65 bits per heavy atom. The van der Waals surface area contributed by atoms with Crippen molar-refractivity contribution in [3.8, 4) is 0 Å². The first-order valence-corrected chi connectivity index (χ1v) is 8.73. The van der Waals surface area contributed by atoms with E-state index in [4.69, 9.17) is 0 Å². The van der Waals surface area contributed by atoms with E-state index < -0.39 is 0 Å². The number of allylic oxidation sites excluding steroid dienone is 4. The zero-order valence-corrected chi connectivity index (χ0v) is 15.4. The Hall–Kier alpha value is -3.19. The van der Waals surface area contributed by atoms with Gasteiger partial charge in [-0.25, -0.2) is 0 Å². The Morgan fingerprint density at radius 1 is 0.923 bits per heavy atom. The van der Waals surface area contributed by atoms with E-state index in [1.54, 1.807) is 6.08 Å². The maximum absolute atomic E-state index is 4.59. The summed E-state index contributed by atoms with van der Waals surface area (Å²) in [5.74, 6) is 0. The monoisotopic (exact) mass is 337 g/mol. The number of fused-ring (bicyclic) bond motifs is 1. The molecule has 0 aliphatic carbocycles. The van der Waals surface area contributed by atoms with Crippen LogP contribution in [0.3, 0.4) is 0 Å². The summed E-state index contributed by atoms with van der Waals surface area (Å²) in [6.45, 7) is 12.3. The Balaban J connectivity index is 2.16. The lowest BCUT2D eigenvalue weighted by Gasteiger charge is -2.14. The second kappa shape index (κ2) is 7.79. The van der Waals surface area contributed by atoms with Crippen molar-refractivity contribution >= 4 is 28.6 Å². The summed E-state index contributed by atoms with van der Waals surface area (Å²) in [7, 11) is 0. The number of aromatic nitrogens is 1. The van der Waals surface area contributed by atoms with Crippen LogP contribution in [0, 0.1) is 13.8 Å². The smallest absolute Gasteiger partial charge is 0.0740 e. The molecule has 1 nitrogen and oxygen atoms in total. The van der Waals surface area contributed by atoms with Crippen LogP contribution >= 0.6 is 0 Å². The van der Waals surface area contributed by atoms with Crippen molar-refractivity contribution in [1.29, 1.82) is 0 Å². The molecule has 0 bridgehead atoms. The Kier molecular flexibility index (Phi) is 5.28. The molecule has 0 radical (unpaired) electrons. The van der Waals surface area contributed by atoms with Gasteiger partial charge < -0.3 is 0 Å². The second-order valence-corrected chi connectivity index (χ2v) is 6.30. The molecule has 0 atom stereocenters. The molecule has 3 aromatic rings. The van der Waals surface area contributed by atoms with E-state index in [0.29, 0.717) is 0 Å². The number of aryl methyl sites for hydroxylation is 2. The zero-order chi connectivity index (χ0) is 18.5. The van der Waals surface area contributed by atoms with Gasteiger partial charge in [0, 0.05) is 11.6 Å². The lowest BCUT2D eigenvalue weighted by atomic mass is 9.91. The Bertz CT molecular complexity index is 1020. The van der Waals surface area contributed by atoms with E-state index in [1.807, 2.05) is 36.5 Å². The van der Waals surface area contributed by atoms with Gasteiger partial charge >= 0.3 is 0 Å². The second-order valence-electron chi connectivity index (χ2n) is 6.30. The molecule has 0 unspecified atom stereocenters. The molecule has 26 heavy (non-hydrogen) atoms. The highest BCUT2D eigenvalue weighted by molar-refractivity contribution is 5.93. The highest BCUT2D eigenvalue weighted by atomic mass is 14.6. The molecule has 0 amide bonds. The van der Waals surface area contributed by atoms with Crippen LogP contribution in [0.15, 0.2) is 80.0 Å². The molecule has 1 aromatic heterocycles. The van der Waals surface area contributed by atoms with Gasteiger partial charge in [-0.2, -0.15) is 0 Å². The van der Waals surface area contributed by atoms with Crippen molar-refractivity contribution in [3.05, 3.63) is 108 Å². The number of nitrogens with zero attached hydrogens (tertiary/aromatic N) is 1. The van der Waals surface area contributed by atoms with Gasteiger partial charge in [-0.05, 0) is 53.3 Å². The molecular formula is C25H23N. The topological polar surface area (TPSA) is 12.9 Å². The molecule has 0 saturated heterocycles. The fourth-order valence-corrected chi connectivity index (χ4v) is 3.21. The molecule has 3 rings (SSSR count). The van der Waals surface area contributed by atoms with Crippen molar-refractivity contribution in [2.75, 3.05) is 0 Å². The standard InChI is InChI=1S/C25H23N/c1-5-6-13-22-20(4)25-24(14-10-17-26-25)19(3)23(22)16-15-18(2)21-11-8-7-9-12-21/h5-17H,1-2H2,3-4H3/b13-6-,16-15-. The van der Waals surface area contributed by atoms with Crippen LogP contribution in [0.1, 0.15) is 27.8 Å². The first-order chi connectivity index (χ1) is 12.6. The number of pyridine rings is 1. The van der Waals surface area contributed by atoms with Crippen molar-refractivity contribution in [2.24, 2.45) is 0 Å². The van der Waals surface area contributed by atoms with E-state index in [2.05, 4.69) is 68.4 Å². The van der Waals surface area contributed by atoms with Gasteiger partial charge in [-0.15, -0.1) is 0 Å². The molecular weight excluding hydrogens is 314 g/mol. The highest BCUT2D eigenvalue weighted by Gasteiger charge is 2.12. The first-order valence-electron chi connectivity index (χ1n) is 8.73. The highest BCUT2D eigenvalue weighted by Crippen LogP contribution is 2.31. The van der Waals surface area contributed by atoms with Crippen molar-refractivity contribution in [2.45, 2.75) is 13.8 Å². The number of hydrogen-bond donors (Lipinski definition) is 0. The maximum atomic E-state index is 4.59. The Morgan fingerprint density at radius 3 is 2.38 bits per heavy atom. The van der Waals surface area contributed by atoms with Gasteiger partial charge in [-0.1, -0.05) is 79.9 Å². The van der Waals surface area contributed by atoms with Gasteiger partial charge in [-0.3, -0.25) is 4.98 Å². The molecule has 2 aromatic carbocycles. The van der Waals surface area contributed by atoms with Crippen LogP contribution in [0.4, 0.5) is 0 Å². The third-order valence-corrected chi connectivity index (χ3v) is 4.66. The Labute approximate surface area is 155 Å². The number of benzene rings is 2. The molecule has 0 fully saturated rings. The maximum Gasteiger partial charge on any atom is 0.0740 e. The van der Waals surface area contributed by atoms with E-state index in [0.717, 1.165) is 16.7 Å². The van der Waals surface area contributed by atoms with E-state index in [1.165, 1.54) is 27.6 Å². The van der Waals surface area contributed by atoms with E-state index >= 15 is 0 Å². The van der Waals surface area contributed by atoms with Crippen LogP contribution in [-0.2, 0) is 0 Å². The summed E-state index contributed by atoms with van der Waals surface area (Å²) >= 11 is 0. The van der Waals surface area contributed by atoms with E-state index in [-0.39, 0.29) is 0 Å². The van der Waals surface area contributed by atoms with Crippen molar-refractivity contribution in [1.82, 2.24) is 4.98 Å². The third kappa shape index (κ3) is 3.43. The van der Waals surface area contributed by atoms with Gasteiger partial charge in [0.05, 0.1) is 5.52 Å². The van der Waals surface area contributed by atoms with Crippen molar-refractivity contribution < 1.29 is 0 Å². The molecule has 1 heteroatoms. The average molecular weight is 337 g/mol. The van der Waals surface area contributed by atoms with Crippen LogP contribution in [0.25, 0.3) is 28.6 Å². The quantitative estimate of drug-likeness (QED) is 0.468. The summed E-state index contributed by atoms with van der Waals surface area (Å²) in [6.07, 6.45) is 12.0. The molecule has 0 aliphatic rings. The molecule has 0 spiro atoms. The number of hydrogen-bond acceptors (Lipinski definition) is 1. The molecule has 0 aliphatic heterocycles. The summed E-state index contributed by atoms with van der Waals surface area (Å²) in [6, 6.07) is 14.4. The van der Waals surface area contributed by atoms with Gasteiger partial charge in [0.2, 0.25) is 0 Å². The summed E-state index contributed by atoms with van der Waals surface area (Å²) < 4.78 is 0. The lowest BCUT2D eigenvalue weighted by molar-refractivity contribution is 1.33.